The number of aromatic nitrogens is 2. The van der Waals surface area contributed by atoms with Gasteiger partial charge in [-0.05, 0) is 31.9 Å². The molecule has 3 aromatic rings. The maximum absolute atomic E-state index is 5.71. The molecular weight excluding hydrogens is 298 g/mol. The fourth-order valence-corrected chi connectivity index (χ4v) is 3.06. The van der Waals surface area contributed by atoms with Crippen molar-refractivity contribution < 1.29 is 4.74 Å². The molecule has 0 saturated carbocycles. The van der Waals surface area contributed by atoms with E-state index in [1.807, 2.05) is 18.2 Å². The topological polar surface area (TPSA) is 47.0 Å². The first kappa shape index (κ1) is 15.1. The lowest BCUT2D eigenvalue weighted by Gasteiger charge is -2.14. The van der Waals surface area contributed by atoms with Crippen molar-refractivity contribution in [3.8, 4) is 11.4 Å². The van der Waals surface area contributed by atoms with E-state index in [4.69, 9.17) is 14.7 Å². The van der Waals surface area contributed by atoms with Crippen molar-refractivity contribution in [2.75, 3.05) is 18.5 Å². The van der Waals surface area contributed by atoms with E-state index >= 15 is 0 Å². The summed E-state index contributed by atoms with van der Waals surface area (Å²) in [5.41, 5.74) is 3.22. The highest BCUT2D eigenvalue weighted by Gasteiger charge is 2.16. The van der Waals surface area contributed by atoms with Crippen molar-refractivity contribution in [2.24, 2.45) is 0 Å². The Labute approximate surface area is 141 Å². The summed E-state index contributed by atoms with van der Waals surface area (Å²) in [6.45, 7) is 3.74. The average molecular weight is 319 g/mol. The number of nitrogens with zero attached hydrogens (tertiary/aromatic N) is 2. The van der Waals surface area contributed by atoms with Crippen LogP contribution in [0.5, 0.6) is 0 Å². The number of rotatable bonds is 4. The van der Waals surface area contributed by atoms with E-state index in [0.29, 0.717) is 0 Å². The van der Waals surface area contributed by atoms with Gasteiger partial charge in [0.2, 0.25) is 0 Å². The summed E-state index contributed by atoms with van der Waals surface area (Å²) in [6, 6.07) is 16.5. The Morgan fingerprint density at radius 2 is 1.92 bits per heavy atom. The van der Waals surface area contributed by atoms with E-state index in [1.54, 1.807) is 0 Å². The van der Waals surface area contributed by atoms with Gasteiger partial charge in [0.05, 0.1) is 11.6 Å². The number of para-hydroxylation sites is 1. The van der Waals surface area contributed by atoms with Gasteiger partial charge in [-0.15, -0.1) is 0 Å². The molecule has 4 nitrogen and oxygen atoms in total. The molecule has 1 atom stereocenters. The minimum atomic E-state index is 0.279. The molecule has 1 fully saturated rings. The quantitative estimate of drug-likeness (QED) is 0.783. The molecule has 0 amide bonds. The van der Waals surface area contributed by atoms with Gasteiger partial charge < -0.3 is 10.1 Å². The van der Waals surface area contributed by atoms with Crippen molar-refractivity contribution >= 4 is 16.7 Å². The van der Waals surface area contributed by atoms with E-state index in [1.165, 1.54) is 5.56 Å². The van der Waals surface area contributed by atoms with Crippen LogP contribution in [0.2, 0.25) is 0 Å². The minimum Gasteiger partial charge on any atom is -0.376 e. The van der Waals surface area contributed by atoms with Crippen LogP contribution in [0.4, 0.5) is 5.82 Å². The van der Waals surface area contributed by atoms with E-state index in [9.17, 15) is 0 Å². The van der Waals surface area contributed by atoms with Crippen molar-refractivity contribution in [3.63, 3.8) is 0 Å². The molecule has 122 valence electrons. The Morgan fingerprint density at radius 3 is 2.71 bits per heavy atom. The number of aryl methyl sites for hydroxylation is 1. The number of ether oxygens (including phenoxy) is 1. The van der Waals surface area contributed by atoms with Crippen molar-refractivity contribution in [1.29, 1.82) is 0 Å². The summed E-state index contributed by atoms with van der Waals surface area (Å²) in [5.74, 6) is 1.63. The van der Waals surface area contributed by atoms with Crippen LogP contribution in [0.25, 0.3) is 22.3 Å². The lowest BCUT2D eigenvalue weighted by atomic mass is 10.1. The third-order valence-electron chi connectivity index (χ3n) is 4.43. The zero-order valence-electron chi connectivity index (χ0n) is 13.8. The number of nitrogens with one attached hydrogen (secondary N) is 1. The largest absolute Gasteiger partial charge is 0.376 e. The van der Waals surface area contributed by atoms with Gasteiger partial charge in [-0.1, -0.05) is 42.0 Å². The third-order valence-corrected chi connectivity index (χ3v) is 4.43. The van der Waals surface area contributed by atoms with Crippen LogP contribution >= 0.6 is 0 Å². The predicted molar refractivity (Wildman–Crippen MR) is 97.2 cm³/mol. The molecule has 0 aliphatic carbocycles. The zero-order chi connectivity index (χ0) is 16.4. The Kier molecular flexibility index (Phi) is 4.13. The van der Waals surface area contributed by atoms with Gasteiger partial charge in [-0.25, -0.2) is 9.97 Å². The summed E-state index contributed by atoms with van der Waals surface area (Å²) in [6.07, 6.45) is 2.54. The molecule has 4 heteroatoms. The SMILES string of the molecule is Cc1ccc(-c2nc(NC[C@@H]3CCCO3)c3ccccc3n2)cc1. The smallest absolute Gasteiger partial charge is 0.162 e. The summed E-state index contributed by atoms with van der Waals surface area (Å²) in [7, 11) is 0. The van der Waals surface area contributed by atoms with Gasteiger partial charge in [-0.2, -0.15) is 0 Å². The van der Waals surface area contributed by atoms with Gasteiger partial charge in [0.15, 0.2) is 5.82 Å². The molecule has 0 spiro atoms. The molecule has 4 rings (SSSR count). The third kappa shape index (κ3) is 3.10. The molecule has 2 aromatic carbocycles. The average Bonchev–Trinajstić information content (AvgIpc) is 3.13. The first-order chi connectivity index (χ1) is 11.8. The maximum atomic E-state index is 5.71. The van der Waals surface area contributed by atoms with E-state index < -0.39 is 0 Å². The fraction of sp³-hybridized carbons (Fsp3) is 0.300. The molecule has 1 saturated heterocycles. The Morgan fingerprint density at radius 1 is 1.08 bits per heavy atom. The van der Waals surface area contributed by atoms with Crippen molar-refractivity contribution in [2.45, 2.75) is 25.9 Å². The van der Waals surface area contributed by atoms with E-state index in [0.717, 1.165) is 54.1 Å². The Balaban J connectivity index is 1.71. The fourth-order valence-electron chi connectivity index (χ4n) is 3.06. The highest BCUT2D eigenvalue weighted by Crippen LogP contribution is 2.25. The highest BCUT2D eigenvalue weighted by molar-refractivity contribution is 5.90. The van der Waals surface area contributed by atoms with Crippen LogP contribution in [-0.4, -0.2) is 29.2 Å². The van der Waals surface area contributed by atoms with Crippen LogP contribution < -0.4 is 5.32 Å². The standard InChI is InChI=1S/C20H21N3O/c1-14-8-10-15(11-9-14)19-22-18-7-3-2-6-17(18)20(23-19)21-13-16-5-4-12-24-16/h2-3,6-11,16H,4-5,12-13H2,1H3,(H,21,22,23)/t16-/m0/s1. The molecule has 0 unspecified atom stereocenters. The van der Waals surface area contributed by atoms with Gasteiger partial charge in [-0.3, -0.25) is 0 Å². The minimum absolute atomic E-state index is 0.279. The van der Waals surface area contributed by atoms with Crippen LogP contribution in [0.3, 0.4) is 0 Å². The van der Waals surface area contributed by atoms with Crippen LogP contribution in [-0.2, 0) is 4.74 Å². The number of hydrogen-bond acceptors (Lipinski definition) is 4. The second-order valence-corrected chi connectivity index (χ2v) is 6.29. The number of hydrogen-bond donors (Lipinski definition) is 1. The summed E-state index contributed by atoms with van der Waals surface area (Å²) >= 11 is 0. The monoisotopic (exact) mass is 319 g/mol. The van der Waals surface area contributed by atoms with Gasteiger partial charge in [0.25, 0.3) is 0 Å². The van der Waals surface area contributed by atoms with Crippen LogP contribution in [0.1, 0.15) is 18.4 Å². The first-order valence-corrected chi connectivity index (χ1v) is 8.49. The maximum Gasteiger partial charge on any atom is 0.162 e. The second-order valence-electron chi connectivity index (χ2n) is 6.29. The molecule has 1 aliphatic rings. The van der Waals surface area contributed by atoms with Crippen molar-refractivity contribution in [1.82, 2.24) is 9.97 Å². The van der Waals surface area contributed by atoms with Gasteiger partial charge in [0, 0.05) is 24.1 Å². The van der Waals surface area contributed by atoms with Crippen LogP contribution in [0, 0.1) is 6.92 Å². The first-order valence-electron chi connectivity index (χ1n) is 8.49. The molecule has 2 heterocycles. The highest BCUT2D eigenvalue weighted by atomic mass is 16.5. The number of fused-ring (bicyclic) bond motifs is 1. The van der Waals surface area contributed by atoms with E-state index in [2.05, 4.69) is 42.6 Å². The Bertz CT molecular complexity index is 839. The Hall–Kier alpha value is -2.46. The second kappa shape index (κ2) is 6.57. The molecule has 1 aromatic heterocycles. The zero-order valence-corrected chi connectivity index (χ0v) is 13.8. The summed E-state index contributed by atoms with van der Waals surface area (Å²) < 4.78 is 5.71. The number of benzene rings is 2. The predicted octanol–water partition coefficient (Wildman–Crippen LogP) is 4.20. The van der Waals surface area contributed by atoms with Gasteiger partial charge >= 0.3 is 0 Å². The van der Waals surface area contributed by atoms with Crippen LogP contribution in [0.15, 0.2) is 48.5 Å². The summed E-state index contributed by atoms with van der Waals surface area (Å²) in [4.78, 5) is 9.52. The lowest BCUT2D eigenvalue weighted by Crippen LogP contribution is -2.19. The summed E-state index contributed by atoms with van der Waals surface area (Å²) in [5, 5.41) is 4.52. The van der Waals surface area contributed by atoms with Crippen molar-refractivity contribution in [3.05, 3.63) is 54.1 Å². The molecule has 1 N–H and O–H groups in total. The lowest BCUT2D eigenvalue weighted by molar-refractivity contribution is 0.120. The van der Waals surface area contributed by atoms with Gasteiger partial charge in [0.1, 0.15) is 5.82 Å². The normalized spacial score (nSPS) is 17.3. The molecule has 0 bridgehead atoms. The number of anilines is 1. The molecule has 0 radical (unpaired) electrons. The van der Waals surface area contributed by atoms with E-state index in [-0.39, 0.29) is 6.10 Å². The molecule has 1 aliphatic heterocycles. The molecule has 24 heavy (non-hydrogen) atoms. The molecular formula is C20H21N3O.